The van der Waals surface area contributed by atoms with E-state index in [0.29, 0.717) is 18.1 Å². The number of hydrogen-bond donors (Lipinski definition) is 1. The number of carbonyl (C=O) groups is 1. The Morgan fingerprint density at radius 2 is 1.60 bits per heavy atom. The van der Waals surface area contributed by atoms with Crippen molar-refractivity contribution in [2.24, 2.45) is 5.92 Å². The molecule has 0 bridgehead atoms. The van der Waals surface area contributed by atoms with Gasteiger partial charge in [0.2, 0.25) is 0 Å². The molecule has 6 nitrogen and oxygen atoms in total. The summed E-state index contributed by atoms with van der Waals surface area (Å²) in [7, 11) is -3.95. The van der Waals surface area contributed by atoms with E-state index < -0.39 is 7.82 Å². The van der Waals surface area contributed by atoms with Gasteiger partial charge in [-0.1, -0.05) is 59.0 Å². The molecule has 7 heteroatoms. The number of ketones is 1. The Labute approximate surface area is 184 Å². The van der Waals surface area contributed by atoms with Crippen molar-refractivity contribution in [2.75, 3.05) is 19.8 Å². The Morgan fingerprint density at radius 3 is 2.17 bits per heavy atom. The minimum absolute atomic E-state index is 0.0908. The van der Waals surface area contributed by atoms with Gasteiger partial charge in [0.25, 0.3) is 0 Å². The Morgan fingerprint density at radius 1 is 1.03 bits per heavy atom. The molecule has 0 aliphatic carbocycles. The van der Waals surface area contributed by atoms with Gasteiger partial charge in [0.15, 0.2) is 0 Å². The molecule has 0 aromatic rings. The van der Waals surface area contributed by atoms with Gasteiger partial charge in [0.1, 0.15) is 5.78 Å². The third-order valence-corrected chi connectivity index (χ3v) is 6.88. The molecule has 1 unspecified atom stereocenters. The van der Waals surface area contributed by atoms with Crippen LogP contribution >= 0.6 is 7.82 Å². The molecule has 0 saturated carbocycles. The van der Waals surface area contributed by atoms with Crippen molar-refractivity contribution in [3.63, 3.8) is 0 Å². The van der Waals surface area contributed by atoms with Crippen LogP contribution in [0.2, 0.25) is 0 Å². The van der Waals surface area contributed by atoms with E-state index in [2.05, 4.69) is 18.4 Å². The fourth-order valence-electron chi connectivity index (χ4n) is 4.11. The number of carbonyl (C=O) groups excluding carboxylic acids is 1. The molecule has 0 radical (unpaired) electrons. The molecule has 0 spiro atoms. The predicted octanol–water partition coefficient (Wildman–Crippen LogP) is 6.24. The first-order valence-electron chi connectivity index (χ1n) is 11.9. The molecular weight excluding hydrogens is 401 g/mol. The highest BCUT2D eigenvalue weighted by Crippen LogP contribution is 2.44. The van der Waals surface area contributed by atoms with Gasteiger partial charge >= 0.3 is 7.82 Å². The minimum Gasteiger partial charge on any atom is -0.370 e. The zero-order valence-electron chi connectivity index (χ0n) is 19.4. The molecule has 176 valence electrons. The van der Waals surface area contributed by atoms with E-state index in [9.17, 15) is 14.3 Å². The molecule has 1 fully saturated rings. The van der Waals surface area contributed by atoms with Crippen LogP contribution in [0, 0.1) is 5.92 Å². The van der Waals surface area contributed by atoms with Crippen molar-refractivity contribution < 1.29 is 23.3 Å². The van der Waals surface area contributed by atoms with Crippen molar-refractivity contribution in [3.05, 3.63) is 12.3 Å². The van der Waals surface area contributed by atoms with E-state index in [1.54, 1.807) is 6.92 Å². The number of unbranched alkanes of at least 4 members (excludes halogenated alkanes) is 7. The third kappa shape index (κ3) is 11.6. The van der Waals surface area contributed by atoms with E-state index in [-0.39, 0.29) is 19.3 Å². The predicted molar refractivity (Wildman–Crippen MR) is 122 cm³/mol. The van der Waals surface area contributed by atoms with E-state index in [1.807, 2.05) is 6.92 Å². The number of phosphoric ester groups is 1. The van der Waals surface area contributed by atoms with Gasteiger partial charge in [0.05, 0.1) is 19.3 Å². The van der Waals surface area contributed by atoms with Crippen LogP contribution in [0.3, 0.4) is 0 Å². The topological polar surface area (TPSA) is 76.1 Å². The highest BCUT2D eigenvalue weighted by Gasteiger charge is 2.32. The average molecular weight is 446 g/mol. The summed E-state index contributed by atoms with van der Waals surface area (Å²) in [4.78, 5) is 23.2. The van der Waals surface area contributed by atoms with E-state index in [1.165, 1.54) is 38.5 Å². The maximum absolute atomic E-state index is 11.8. The Hall–Kier alpha value is -0.680. The number of allylic oxidation sites excluding steroid dienone is 1. The van der Waals surface area contributed by atoms with Crippen molar-refractivity contribution in [1.82, 2.24) is 4.90 Å². The lowest BCUT2D eigenvalue weighted by atomic mass is 10.0. The van der Waals surface area contributed by atoms with Crippen LogP contribution in [0.4, 0.5) is 0 Å². The molecule has 1 aliphatic rings. The summed E-state index contributed by atoms with van der Waals surface area (Å²) in [6.45, 7) is 11.4. The maximum atomic E-state index is 11.8. The van der Waals surface area contributed by atoms with Gasteiger partial charge in [-0.15, -0.1) is 0 Å². The molecule has 0 aromatic carbocycles. The first-order chi connectivity index (χ1) is 14.3. The van der Waals surface area contributed by atoms with Gasteiger partial charge in [-0.25, -0.2) is 4.57 Å². The number of nitrogens with zero attached hydrogens (tertiary/aromatic N) is 1. The number of Topliss-reactive ketones (excluding diaryl/α,β-unsaturated/α-hetero) is 1. The summed E-state index contributed by atoms with van der Waals surface area (Å²) in [6.07, 6.45) is 12.9. The van der Waals surface area contributed by atoms with Crippen LogP contribution in [0.1, 0.15) is 97.8 Å². The lowest BCUT2D eigenvalue weighted by Crippen LogP contribution is -2.32. The molecule has 3 atom stereocenters. The van der Waals surface area contributed by atoms with Crippen LogP contribution < -0.4 is 0 Å². The van der Waals surface area contributed by atoms with Crippen molar-refractivity contribution in [2.45, 2.75) is 104 Å². The lowest BCUT2D eigenvalue weighted by molar-refractivity contribution is -0.118. The Bertz CT molecular complexity index is 554. The van der Waals surface area contributed by atoms with Crippen LogP contribution in [-0.2, 0) is 18.4 Å². The van der Waals surface area contributed by atoms with Crippen molar-refractivity contribution in [1.29, 1.82) is 0 Å². The molecule has 1 rings (SSSR count). The number of phosphoric acid groups is 1. The van der Waals surface area contributed by atoms with Crippen molar-refractivity contribution >= 4 is 13.6 Å². The van der Waals surface area contributed by atoms with Crippen LogP contribution in [0.15, 0.2) is 12.3 Å². The van der Waals surface area contributed by atoms with Crippen molar-refractivity contribution in [3.8, 4) is 0 Å². The maximum Gasteiger partial charge on any atom is 0.472 e. The molecule has 1 aliphatic heterocycles. The minimum atomic E-state index is -3.95. The summed E-state index contributed by atoms with van der Waals surface area (Å²) in [6, 6.07) is 0.0908. The summed E-state index contributed by atoms with van der Waals surface area (Å²) < 4.78 is 21.8. The SMILES string of the molecule is C=C(CCCCCCCCCCC(=O)CC)N1C[C@H](C)C[C@H]1COP(=O)(O)OCC. The molecule has 0 aromatic heterocycles. The van der Waals surface area contributed by atoms with Gasteiger partial charge in [-0.05, 0) is 38.5 Å². The van der Waals surface area contributed by atoms with Gasteiger partial charge in [-0.2, -0.15) is 0 Å². The quantitative estimate of drug-likeness (QED) is 0.199. The molecule has 1 heterocycles. The van der Waals surface area contributed by atoms with Gasteiger partial charge in [0, 0.05) is 25.1 Å². The van der Waals surface area contributed by atoms with Gasteiger partial charge in [-0.3, -0.25) is 13.8 Å². The lowest BCUT2D eigenvalue weighted by Gasteiger charge is -2.29. The molecule has 30 heavy (non-hydrogen) atoms. The third-order valence-electron chi connectivity index (χ3n) is 5.82. The second kappa shape index (κ2) is 15.2. The van der Waals surface area contributed by atoms with Crippen LogP contribution in [-0.4, -0.2) is 41.4 Å². The fourth-order valence-corrected chi connectivity index (χ4v) is 4.87. The molecule has 1 saturated heterocycles. The molecular formula is C23H44NO5P. The second-order valence-electron chi connectivity index (χ2n) is 8.62. The van der Waals surface area contributed by atoms with E-state index in [4.69, 9.17) is 9.05 Å². The zero-order valence-corrected chi connectivity index (χ0v) is 20.3. The summed E-state index contributed by atoms with van der Waals surface area (Å²) >= 11 is 0. The van der Waals surface area contributed by atoms with Crippen LogP contribution in [0.25, 0.3) is 0 Å². The van der Waals surface area contributed by atoms with E-state index in [0.717, 1.165) is 44.3 Å². The van der Waals surface area contributed by atoms with Crippen LogP contribution in [0.5, 0.6) is 0 Å². The highest BCUT2D eigenvalue weighted by molar-refractivity contribution is 7.47. The standard InChI is InChI=1S/C23H44NO5P/c1-5-23(25)16-14-12-10-8-7-9-11-13-15-21(4)24-18-20(3)17-22(24)19-29-30(26,27)28-6-2/h20,22H,4-19H2,1-3H3,(H,26,27)/t20-,22+/m1/s1. The molecule has 1 N–H and O–H groups in total. The summed E-state index contributed by atoms with van der Waals surface area (Å²) in [5.41, 5.74) is 1.11. The second-order valence-corrected chi connectivity index (χ2v) is 10.1. The summed E-state index contributed by atoms with van der Waals surface area (Å²) in [5, 5.41) is 0. The highest BCUT2D eigenvalue weighted by atomic mass is 31.2. The first kappa shape index (κ1) is 27.4. The Balaban J connectivity index is 2.16. The number of likely N-dealkylation sites (tertiary alicyclic amines) is 1. The largest absolute Gasteiger partial charge is 0.472 e. The molecule has 0 amide bonds. The summed E-state index contributed by atoms with van der Waals surface area (Å²) in [5.74, 6) is 0.907. The normalized spacial score (nSPS) is 21.0. The monoisotopic (exact) mass is 445 g/mol. The number of hydrogen-bond acceptors (Lipinski definition) is 5. The Kier molecular flexibility index (Phi) is 13.8. The average Bonchev–Trinajstić information content (AvgIpc) is 3.08. The zero-order chi connectivity index (χ0) is 22.4. The first-order valence-corrected chi connectivity index (χ1v) is 13.4. The fraction of sp³-hybridized carbons (Fsp3) is 0.870. The van der Waals surface area contributed by atoms with Gasteiger partial charge < -0.3 is 9.79 Å². The van der Waals surface area contributed by atoms with E-state index >= 15 is 0 Å². The smallest absolute Gasteiger partial charge is 0.370 e. The number of rotatable bonds is 18.